The summed E-state index contributed by atoms with van der Waals surface area (Å²) in [5.41, 5.74) is 8.24. The number of imidazole rings is 1. The van der Waals surface area contributed by atoms with Crippen LogP contribution in [0.3, 0.4) is 0 Å². The Morgan fingerprint density at radius 2 is 2.00 bits per heavy atom. The summed E-state index contributed by atoms with van der Waals surface area (Å²) >= 11 is 7.91. The van der Waals surface area contributed by atoms with E-state index in [1.807, 2.05) is 18.2 Å². The standard InChI is InChI=1S/C23H29ClN6S/c1-15(2)26-9-6-10-30-21-19(20(25)27-14-28-21)29-22(30)31-18-12-16(11-17(24)13-18)7-8-23(3,4)5/h11-15,26H,6,9-10H2,1-5H3,(H2,25,27,28). The van der Waals surface area contributed by atoms with Crippen LogP contribution in [-0.2, 0) is 6.54 Å². The van der Waals surface area contributed by atoms with Gasteiger partial charge in [0.15, 0.2) is 22.1 Å². The van der Waals surface area contributed by atoms with Gasteiger partial charge in [0.2, 0.25) is 0 Å². The first-order chi connectivity index (χ1) is 14.6. The lowest BCUT2D eigenvalue weighted by Crippen LogP contribution is -2.24. The Bertz CT molecular complexity index is 1120. The van der Waals surface area contributed by atoms with Gasteiger partial charge in [0, 0.05) is 33.5 Å². The summed E-state index contributed by atoms with van der Waals surface area (Å²) in [6, 6.07) is 6.29. The number of halogens is 1. The van der Waals surface area contributed by atoms with Gasteiger partial charge < -0.3 is 15.6 Å². The summed E-state index contributed by atoms with van der Waals surface area (Å²) in [6.45, 7) is 12.2. The lowest BCUT2D eigenvalue weighted by atomic mass is 9.97. The molecule has 31 heavy (non-hydrogen) atoms. The Balaban J connectivity index is 1.93. The number of hydrogen-bond donors (Lipinski definition) is 2. The zero-order valence-corrected chi connectivity index (χ0v) is 20.2. The van der Waals surface area contributed by atoms with Crippen LogP contribution in [0.2, 0.25) is 5.02 Å². The number of aryl methyl sites for hydroxylation is 1. The highest BCUT2D eigenvalue weighted by molar-refractivity contribution is 7.99. The number of benzene rings is 1. The van der Waals surface area contributed by atoms with Gasteiger partial charge in [-0.3, -0.25) is 0 Å². The number of nitrogens with two attached hydrogens (primary N) is 1. The zero-order valence-electron chi connectivity index (χ0n) is 18.7. The van der Waals surface area contributed by atoms with Gasteiger partial charge in [-0.25, -0.2) is 15.0 Å². The number of nitrogens with one attached hydrogen (secondary N) is 1. The van der Waals surface area contributed by atoms with Crippen LogP contribution in [-0.4, -0.2) is 32.1 Å². The Hall–Kier alpha value is -2.27. The molecule has 0 aliphatic heterocycles. The molecule has 0 atom stereocenters. The molecule has 0 spiro atoms. The first-order valence-corrected chi connectivity index (χ1v) is 11.5. The maximum Gasteiger partial charge on any atom is 0.175 e. The molecular formula is C23H29ClN6S. The topological polar surface area (TPSA) is 81.7 Å². The van der Waals surface area contributed by atoms with Crippen LogP contribution >= 0.6 is 23.4 Å². The Morgan fingerprint density at radius 3 is 2.71 bits per heavy atom. The van der Waals surface area contributed by atoms with Crippen molar-refractivity contribution in [1.29, 1.82) is 0 Å². The van der Waals surface area contributed by atoms with E-state index in [-0.39, 0.29) is 5.41 Å². The SMILES string of the molecule is CC(C)NCCCn1c(Sc2cc(Cl)cc(C#CC(C)(C)C)c2)nc2c(N)ncnc21. The molecule has 3 rings (SSSR count). The fraction of sp³-hybridized carbons (Fsp3) is 0.435. The molecule has 2 aromatic heterocycles. The van der Waals surface area contributed by atoms with E-state index >= 15 is 0 Å². The van der Waals surface area contributed by atoms with E-state index < -0.39 is 0 Å². The van der Waals surface area contributed by atoms with E-state index in [0.29, 0.717) is 22.4 Å². The van der Waals surface area contributed by atoms with Crippen molar-refractivity contribution in [2.24, 2.45) is 5.41 Å². The van der Waals surface area contributed by atoms with Crippen LogP contribution in [0.1, 0.15) is 46.6 Å². The van der Waals surface area contributed by atoms with Crippen molar-refractivity contribution in [3.05, 3.63) is 35.1 Å². The summed E-state index contributed by atoms with van der Waals surface area (Å²) < 4.78 is 2.10. The van der Waals surface area contributed by atoms with E-state index in [1.165, 1.54) is 18.1 Å². The number of fused-ring (bicyclic) bond motifs is 1. The molecule has 0 fully saturated rings. The fourth-order valence-electron chi connectivity index (χ4n) is 2.90. The zero-order chi connectivity index (χ0) is 22.6. The third kappa shape index (κ3) is 6.60. The normalized spacial score (nSPS) is 11.7. The van der Waals surface area contributed by atoms with Crippen LogP contribution in [0.4, 0.5) is 5.82 Å². The van der Waals surface area contributed by atoms with Gasteiger partial charge in [-0.15, -0.1) is 0 Å². The molecule has 0 aliphatic carbocycles. The van der Waals surface area contributed by atoms with Crippen molar-refractivity contribution in [3.8, 4) is 11.8 Å². The van der Waals surface area contributed by atoms with Crippen molar-refractivity contribution >= 4 is 40.3 Å². The lowest BCUT2D eigenvalue weighted by molar-refractivity contribution is 0.525. The van der Waals surface area contributed by atoms with Crippen LogP contribution < -0.4 is 11.1 Å². The van der Waals surface area contributed by atoms with Crippen LogP contribution in [0.25, 0.3) is 11.2 Å². The molecule has 6 nitrogen and oxygen atoms in total. The molecule has 1 aromatic carbocycles. The van der Waals surface area contributed by atoms with Gasteiger partial charge in [-0.05, 0) is 51.9 Å². The van der Waals surface area contributed by atoms with Gasteiger partial charge in [-0.2, -0.15) is 0 Å². The lowest BCUT2D eigenvalue weighted by Gasteiger charge is -2.11. The number of nitrogens with zero attached hydrogens (tertiary/aromatic N) is 4. The van der Waals surface area contributed by atoms with E-state index in [4.69, 9.17) is 22.3 Å². The maximum atomic E-state index is 6.38. The largest absolute Gasteiger partial charge is 0.382 e. The molecule has 2 heterocycles. The first-order valence-electron chi connectivity index (χ1n) is 10.3. The molecule has 3 aromatic rings. The summed E-state index contributed by atoms with van der Waals surface area (Å²) in [4.78, 5) is 14.2. The Labute approximate surface area is 193 Å². The number of nitrogen functional groups attached to an aromatic ring is 1. The highest BCUT2D eigenvalue weighted by Crippen LogP contribution is 2.33. The Morgan fingerprint density at radius 1 is 1.23 bits per heavy atom. The predicted octanol–water partition coefficient (Wildman–Crippen LogP) is 5.00. The average molecular weight is 457 g/mol. The van der Waals surface area contributed by atoms with E-state index in [9.17, 15) is 0 Å². The van der Waals surface area contributed by atoms with Crippen LogP contribution in [0.15, 0.2) is 34.6 Å². The van der Waals surface area contributed by atoms with Gasteiger partial charge in [0.05, 0.1) is 0 Å². The summed E-state index contributed by atoms with van der Waals surface area (Å²) in [5.74, 6) is 6.87. The van der Waals surface area contributed by atoms with E-state index in [0.717, 1.165) is 40.8 Å². The summed E-state index contributed by atoms with van der Waals surface area (Å²) in [5, 5.41) is 4.90. The quantitative estimate of drug-likeness (QED) is 0.384. The highest BCUT2D eigenvalue weighted by Gasteiger charge is 2.16. The van der Waals surface area contributed by atoms with Crippen LogP contribution in [0, 0.1) is 17.3 Å². The van der Waals surface area contributed by atoms with Gasteiger partial charge >= 0.3 is 0 Å². The van der Waals surface area contributed by atoms with E-state index in [2.05, 4.69) is 66.3 Å². The number of aromatic nitrogens is 4. The van der Waals surface area contributed by atoms with Crippen LogP contribution in [0.5, 0.6) is 0 Å². The third-order valence-electron chi connectivity index (χ3n) is 4.30. The highest BCUT2D eigenvalue weighted by atomic mass is 35.5. The molecule has 164 valence electrons. The smallest absolute Gasteiger partial charge is 0.175 e. The number of rotatable bonds is 7. The number of anilines is 1. The second kappa shape index (κ2) is 9.90. The molecule has 8 heteroatoms. The molecular weight excluding hydrogens is 428 g/mol. The maximum absolute atomic E-state index is 6.38. The van der Waals surface area contributed by atoms with Gasteiger partial charge in [-0.1, -0.05) is 49.1 Å². The van der Waals surface area contributed by atoms with Crippen molar-refractivity contribution < 1.29 is 0 Å². The van der Waals surface area contributed by atoms with Crippen molar-refractivity contribution in [2.75, 3.05) is 12.3 Å². The molecule has 0 aliphatic rings. The molecule has 3 N–H and O–H groups in total. The monoisotopic (exact) mass is 456 g/mol. The summed E-state index contributed by atoms with van der Waals surface area (Å²) in [6.07, 6.45) is 2.43. The van der Waals surface area contributed by atoms with Crippen molar-refractivity contribution in [1.82, 2.24) is 24.8 Å². The minimum Gasteiger partial charge on any atom is -0.382 e. The summed E-state index contributed by atoms with van der Waals surface area (Å²) in [7, 11) is 0. The molecule has 0 bridgehead atoms. The minimum absolute atomic E-state index is 0.0795. The molecule has 0 unspecified atom stereocenters. The van der Waals surface area contributed by atoms with E-state index in [1.54, 1.807) is 0 Å². The van der Waals surface area contributed by atoms with Crippen molar-refractivity contribution in [3.63, 3.8) is 0 Å². The third-order valence-corrected chi connectivity index (χ3v) is 5.48. The first kappa shape index (κ1) is 23.4. The molecule has 0 radical (unpaired) electrons. The predicted molar refractivity (Wildman–Crippen MR) is 129 cm³/mol. The second-order valence-corrected chi connectivity index (χ2v) is 10.2. The Kier molecular flexibility index (Phi) is 7.47. The van der Waals surface area contributed by atoms with Crippen molar-refractivity contribution in [2.45, 2.75) is 63.7 Å². The van der Waals surface area contributed by atoms with Gasteiger partial charge in [0.25, 0.3) is 0 Å². The molecule has 0 saturated heterocycles. The molecule has 0 saturated carbocycles. The average Bonchev–Trinajstić information content (AvgIpc) is 3.01. The number of hydrogen-bond acceptors (Lipinski definition) is 6. The minimum atomic E-state index is -0.0795. The molecule has 0 amide bonds. The fourth-order valence-corrected chi connectivity index (χ4v) is 4.21. The van der Waals surface area contributed by atoms with Gasteiger partial charge in [0.1, 0.15) is 6.33 Å². The second-order valence-electron chi connectivity index (χ2n) is 8.72.